The van der Waals surface area contributed by atoms with Gasteiger partial charge in [0.05, 0.1) is 12.2 Å². The Morgan fingerprint density at radius 3 is 2.88 bits per heavy atom. The number of nitrogens with two attached hydrogens (primary N) is 1. The van der Waals surface area contributed by atoms with Crippen LogP contribution in [0.15, 0.2) is 53.1 Å². The molecule has 0 saturated heterocycles. The molecule has 1 aliphatic heterocycles. The maximum atomic E-state index is 13.0. The van der Waals surface area contributed by atoms with Gasteiger partial charge >= 0.3 is 0 Å². The number of para-hydroxylation sites is 1. The summed E-state index contributed by atoms with van der Waals surface area (Å²) in [7, 11) is 0. The van der Waals surface area contributed by atoms with Crippen LogP contribution in [-0.2, 0) is 13.0 Å². The van der Waals surface area contributed by atoms with Gasteiger partial charge in [0.2, 0.25) is 5.95 Å². The Balaban J connectivity index is 1.49. The number of carbonyl (C=O) groups excluding carboxylic acids is 1. The van der Waals surface area contributed by atoms with Crippen LogP contribution in [0, 0.1) is 0 Å². The lowest BCUT2D eigenvalue weighted by Gasteiger charge is -2.28. The molecule has 0 saturated carbocycles. The number of fused-ring (bicyclic) bond motifs is 4. The fourth-order valence-electron chi connectivity index (χ4n) is 3.53. The third kappa shape index (κ3) is 2.30. The molecule has 1 amide bonds. The van der Waals surface area contributed by atoms with E-state index in [0.29, 0.717) is 18.7 Å². The third-order valence-corrected chi connectivity index (χ3v) is 4.88. The van der Waals surface area contributed by atoms with Crippen LogP contribution >= 0.6 is 0 Å². The van der Waals surface area contributed by atoms with Gasteiger partial charge in [-0.15, -0.1) is 0 Å². The average Bonchev–Trinajstić information content (AvgIpc) is 3.04. The average molecular weight is 344 g/mol. The fourth-order valence-corrected chi connectivity index (χ4v) is 3.53. The normalized spacial score (nSPS) is 13.9. The van der Waals surface area contributed by atoms with Crippen LogP contribution in [0.5, 0.6) is 0 Å². The number of hydrogen-bond acceptors (Lipinski definition) is 5. The second kappa shape index (κ2) is 5.56. The molecule has 6 heteroatoms. The summed E-state index contributed by atoms with van der Waals surface area (Å²) in [4.78, 5) is 23.1. The molecule has 1 aliphatic rings. The molecule has 3 heterocycles. The van der Waals surface area contributed by atoms with Gasteiger partial charge in [-0.25, -0.2) is 9.97 Å². The van der Waals surface area contributed by atoms with Gasteiger partial charge in [0.25, 0.3) is 5.91 Å². The van der Waals surface area contributed by atoms with Crippen LogP contribution in [0.4, 0.5) is 5.95 Å². The van der Waals surface area contributed by atoms with E-state index in [2.05, 4.69) is 9.97 Å². The number of nitrogens with zero attached hydrogens (tertiary/aromatic N) is 3. The minimum atomic E-state index is -0.0322. The molecule has 0 fully saturated rings. The summed E-state index contributed by atoms with van der Waals surface area (Å²) in [5, 5.41) is 2.07. The Labute approximate surface area is 149 Å². The van der Waals surface area contributed by atoms with Crippen LogP contribution < -0.4 is 5.73 Å². The number of hydrogen-bond donors (Lipinski definition) is 1. The van der Waals surface area contributed by atoms with E-state index < -0.39 is 0 Å². The highest BCUT2D eigenvalue weighted by molar-refractivity contribution is 6.07. The molecule has 5 rings (SSSR count). The van der Waals surface area contributed by atoms with Crippen LogP contribution in [0.2, 0.25) is 0 Å². The summed E-state index contributed by atoms with van der Waals surface area (Å²) in [6.45, 7) is 1.08. The van der Waals surface area contributed by atoms with Gasteiger partial charge < -0.3 is 15.1 Å². The smallest absolute Gasteiger partial charge is 0.254 e. The molecule has 4 aromatic rings. The second-order valence-corrected chi connectivity index (χ2v) is 6.49. The van der Waals surface area contributed by atoms with Gasteiger partial charge in [-0.3, -0.25) is 4.79 Å². The molecule has 0 atom stereocenters. The second-order valence-electron chi connectivity index (χ2n) is 6.49. The number of nitrogen functional groups attached to an aromatic ring is 1. The lowest BCUT2D eigenvalue weighted by Crippen LogP contribution is -2.36. The minimum absolute atomic E-state index is 0.0322. The van der Waals surface area contributed by atoms with Crippen molar-refractivity contribution in [3.63, 3.8) is 0 Å². The summed E-state index contributed by atoms with van der Waals surface area (Å²) >= 11 is 0. The Kier molecular flexibility index (Phi) is 3.18. The summed E-state index contributed by atoms with van der Waals surface area (Å²) in [5.74, 6) is 0.205. The molecule has 128 valence electrons. The number of anilines is 1. The number of carbonyl (C=O) groups is 1. The first-order valence-electron chi connectivity index (χ1n) is 8.50. The minimum Gasteiger partial charge on any atom is -0.456 e. The van der Waals surface area contributed by atoms with Crippen LogP contribution in [0.1, 0.15) is 21.6 Å². The predicted octanol–water partition coefficient (Wildman–Crippen LogP) is 3.16. The molecule has 0 aliphatic carbocycles. The van der Waals surface area contributed by atoms with Crippen molar-refractivity contribution in [3.05, 3.63) is 65.5 Å². The van der Waals surface area contributed by atoms with E-state index in [1.54, 1.807) is 11.1 Å². The molecule has 0 unspecified atom stereocenters. The zero-order valence-electron chi connectivity index (χ0n) is 14.0. The lowest BCUT2D eigenvalue weighted by molar-refractivity contribution is 0.0732. The van der Waals surface area contributed by atoms with Crippen LogP contribution in [-0.4, -0.2) is 27.3 Å². The third-order valence-electron chi connectivity index (χ3n) is 4.88. The number of amides is 1. The van der Waals surface area contributed by atoms with Gasteiger partial charge in [0.1, 0.15) is 11.2 Å². The van der Waals surface area contributed by atoms with Crippen molar-refractivity contribution >= 4 is 33.8 Å². The Morgan fingerprint density at radius 1 is 1.12 bits per heavy atom. The zero-order chi connectivity index (χ0) is 17.7. The van der Waals surface area contributed by atoms with Crippen molar-refractivity contribution < 1.29 is 9.21 Å². The highest BCUT2D eigenvalue weighted by atomic mass is 16.3. The van der Waals surface area contributed by atoms with E-state index in [9.17, 15) is 4.79 Å². The van der Waals surface area contributed by atoms with Crippen molar-refractivity contribution in [1.29, 1.82) is 0 Å². The first kappa shape index (κ1) is 14.9. The highest BCUT2D eigenvalue weighted by Gasteiger charge is 2.24. The van der Waals surface area contributed by atoms with Crippen molar-refractivity contribution in [1.82, 2.24) is 14.9 Å². The van der Waals surface area contributed by atoms with Gasteiger partial charge in [-0.2, -0.15) is 0 Å². The Morgan fingerprint density at radius 2 is 1.96 bits per heavy atom. The first-order chi connectivity index (χ1) is 12.7. The van der Waals surface area contributed by atoms with Gasteiger partial charge in [0, 0.05) is 29.1 Å². The summed E-state index contributed by atoms with van der Waals surface area (Å²) in [6.07, 6.45) is 2.48. The summed E-state index contributed by atoms with van der Waals surface area (Å²) in [5.41, 5.74) is 9.71. The lowest BCUT2D eigenvalue weighted by atomic mass is 10.0. The zero-order valence-corrected chi connectivity index (χ0v) is 14.0. The molecule has 2 aromatic heterocycles. The number of furan rings is 1. The predicted molar refractivity (Wildman–Crippen MR) is 98.6 cm³/mol. The van der Waals surface area contributed by atoms with Crippen molar-refractivity contribution in [2.24, 2.45) is 0 Å². The van der Waals surface area contributed by atoms with Crippen LogP contribution in [0.3, 0.4) is 0 Å². The van der Waals surface area contributed by atoms with Crippen LogP contribution in [0.25, 0.3) is 21.9 Å². The van der Waals surface area contributed by atoms with E-state index in [-0.39, 0.29) is 11.9 Å². The topological polar surface area (TPSA) is 85.2 Å². The molecule has 0 radical (unpaired) electrons. The molecule has 2 aromatic carbocycles. The Hall–Kier alpha value is -3.41. The monoisotopic (exact) mass is 344 g/mol. The van der Waals surface area contributed by atoms with E-state index in [4.69, 9.17) is 10.2 Å². The molecule has 6 nitrogen and oxygen atoms in total. The standard InChI is InChI=1S/C20H16N4O2/c21-20-22-10-13-7-8-24(11-16(13)23-20)19(25)12-5-6-15-14-3-1-2-4-17(14)26-18(15)9-12/h1-6,9-10H,7-8,11H2,(H2,21,22,23). The van der Waals surface area contributed by atoms with Gasteiger partial charge in [0.15, 0.2) is 0 Å². The molecule has 0 spiro atoms. The number of benzene rings is 2. The number of aromatic nitrogens is 2. The molecule has 26 heavy (non-hydrogen) atoms. The summed E-state index contributed by atoms with van der Waals surface area (Å²) in [6, 6.07) is 13.5. The largest absolute Gasteiger partial charge is 0.456 e. The van der Waals surface area contributed by atoms with E-state index in [1.807, 2.05) is 42.5 Å². The van der Waals surface area contributed by atoms with E-state index in [1.165, 1.54) is 0 Å². The molecular weight excluding hydrogens is 328 g/mol. The van der Waals surface area contributed by atoms with Gasteiger partial charge in [-0.05, 0) is 36.2 Å². The quantitative estimate of drug-likeness (QED) is 0.573. The Bertz CT molecular complexity index is 1170. The number of rotatable bonds is 1. The fraction of sp³-hybridized carbons (Fsp3) is 0.150. The van der Waals surface area contributed by atoms with Gasteiger partial charge in [-0.1, -0.05) is 18.2 Å². The summed E-state index contributed by atoms with van der Waals surface area (Å²) < 4.78 is 5.89. The SMILES string of the molecule is Nc1ncc2c(n1)CN(C(=O)c1ccc3c(c1)oc1ccccc13)CC2. The van der Waals surface area contributed by atoms with Crippen molar-refractivity contribution in [3.8, 4) is 0 Å². The maximum Gasteiger partial charge on any atom is 0.254 e. The van der Waals surface area contributed by atoms with E-state index in [0.717, 1.165) is 39.6 Å². The van der Waals surface area contributed by atoms with Crippen molar-refractivity contribution in [2.75, 3.05) is 12.3 Å². The first-order valence-corrected chi connectivity index (χ1v) is 8.50. The molecule has 2 N–H and O–H groups in total. The maximum absolute atomic E-state index is 13.0. The molecule has 0 bridgehead atoms. The van der Waals surface area contributed by atoms with Crippen molar-refractivity contribution in [2.45, 2.75) is 13.0 Å². The van der Waals surface area contributed by atoms with E-state index >= 15 is 0 Å². The highest BCUT2D eigenvalue weighted by Crippen LogP contribution is 2.29. The molecular formula is C20H16N4O2.